The van der Waals surface area contributed by atoms with Crippen LogP contribution in [0, 0.1) is 0 Å². The number of carbonyl (C=O) groups is 1. The van der Waals surface area contributed by atoms with Crippen LogP contribution in [0.2, 0.25) is 0 Å². The summed E-state index contributed by atoms with van der Waals surface area (Å²) in [5.74, 6) is 0.684. The molecular formula is C13H17BrO4. The zero-order valence-corrected chi connectivity index (χ0v) is 12.1. The number of benzene rings is 1. The second-order valence-corrected chi connectivity index (χ2v) is 4.63. The van der Waals surface area contributed by atoms with Gasteiger partial charge in [0, 0.05) is 12.5 Å². The summed E-state index contributed by atoms with van der Waals surface area (Å²) in [5.41, 5.74) is 0.991. The van der Waals surface area contributed by atoms with Crippen molar-refractivity contribution in [2.75, 3.05) is 13.7 Å². The van der Waals surface area contributed by atoms with Crippen molar-refractivity contribution in [2.45, 2.75) is 26.2 Å². The van der Waals surface area contributed by atoms with Gasteiger partial charge < -0.3 is 14.6 Å². The van der Waals surface area contributed by atoms with Gasteiger partial charge in [0.2, 0.25) is 0 Å². The first-order valence-corrected chi connectivity index (χ1v) is 6.58. The maximum atomic E-state index is 10.5. The molecule has 0 atom stereocenters. The molecule has 18 heavy (non-hydrogen) atoms. The van der Waals surface area contributed by atoms with Crippen molar-refractivity contribution in [1.29, 1.82) is 0 Å². The van der Waals surface area contributed by atoms with Crippen LogP contribution in [0.1, 0.15) is 25.3 Å². The number of ether oxygens (including phenoxy) is 2. The monoisotopic (exact) mass is 316 g/mol. The molecule has 5 heteroatoms. The number of rotatable bonds is 7. The molecule has 0 saturated heterocycles. The molecule has 0 aliphatic rings. The van der Waals surface area contributed by atoms with E-state index in [-0.39, 0.29) is 6.42 Å². The van der Waals surface area contributed by atoms with Crippen LogP contribution in [-0.4, -0.2) is 24.8 Å². The maximum absolute atomic E-state index is 10.5. The van der Waals surface area contributed by atoms with E-state index in [0.29, 0.717) is 25.2 Å². The minimum absolute atomic E-state index is 0.162. The highest BCUT2D eigenvalue weighted by molar-refractivity contribution is 9.10. The molecule has 0 amide bonds. The molecule has 0 radical (unpaired) electrons. The number of carboxylic acids is 1. The molecular weight excluding hydrogens is 300 g/mol. The average Bonchev–Trinajstić information content (AvgIpc) is 2.32. The molecule has 4 nitrogen and oxygen atoms in total. The van der Waals surface area contributed by atoms with Crippen molar-refractivity contribution < 1.29 is 19.4 Å². The van der Waals surface area contributed by atoms with Crippen LogP contribution in [0.4, 0.5) is 0 Å². The molecule has 1 N–H and O–H groups in total. The van der Waals surface area contributed by atoms with Crippen molar-refractivity contribution in [3.63, 3.8) is 0 Å². The van der Waals surface area contributed by atoms with Crippen LogP contribution in [0.5, 0.6) is 11.5 Å². The highest BCUT2D eigenvalue weighted by Crippen LogP contribution is 2.33. The van der Waals surface area contributed by atoms with Crippen LogP contribution in [-0.2, 0) is 11.2 Å². The highest BCUT2D eigenvalue weighted by atomic mass is 79.9. The Kier molecular flexibility index (Phi) is 5.98. The molecule has 0 aliphatic heterocycles. The first-order chi connectivity index (χ1) is 8.58. The van der Waals surface area contributed by atoms with Crippen LogP contribution >= 0.6 is 15.9 Å². The molecule has 1 aromatic rings. The molecule has 1 aromatic carbocycles. The predicted octanol–water partition coefficient (Wildman–Crippen LogP) is 3.26. The van der Waals surface area contributed by atoms with E-state index in [1.165, 1.54) is 0 Å². The van der Waals surface area contributed by atoms with Gasteiger partial charge in [0.1, 0.15) is 11.5 Å². The van der Waals surface area contributed by atoms with E-state index in [4.69, 9.17) is 14.6 Å². The standard InChI is InChI=1S/C13H17BrO4/c1-3-18-11-8-12(17-2)10(14)7-9(11)5-4-6-13(15)16/h7-8H,3-6H2,1-2H3,(H,15,16). The van der Waals surface area contributed by atoms with Crippen LogP contribution in [0.3, 0.4) is 0 Å². The Hall–Kier alpha value is -1.23. The molecule has 0 aromatic heterocycles. The summed E-state index contributed by atoms with van der Waals surface area (Å²) in [7, 11) is 1.60. The van der Waals surface area contributed by atoms with E-state index in [9.17, 15) is 4.79 Å². The van der Waals surface area contributed by atoms with Crippen molar-refractivity contribution in [1.82, 2.24) is 0 Å². The highest BCUT2D eigenvalue weighted by Gasteiger charge is 2.10. The summed E-state index contributed by atoms with van der Waals surface area (Å²) in [5, 5.41) is 8.64. The van der Waals surface area contributed by atoms with E-state index in [1.54, 1.807) is 7.11 Å². The number of hydrogen-bond donors (Lipinski definition) is 1. The fourth-order valence-corrected chi connectivity index (χ4v) is 2.20. The Labute approximate surface area is 115 Å². The molecule has 0 bridgehead atoms. The number of halogens is 1. The Morgan fingerprint density at radius 2 is 2.11 bits per heavy atom. The molecule has 100 valence electrons. The lowest BCUT2D eigenvalue weighted by atomic mass is 10.1. The summed E-state index contributed by atoms with van der Waals surface area (Å²) in [6.07, 6.45) is 1.42. The zero-order valence-electron chi connectivity index (χ0n) is 10.5. The smallest absolute Gasteiger partial charge is 0.303 e. The van der Waals surface area contributed by atoms with E-state index in [0.717, 1.165) is 15.8 Å². The summed E-state index contributed by atoms with van der Waals surface area (Å²) < 4.78 is 11.6. The quantitative estimate of drug-likeness (QED) is 0.838. The molecule has 0 spiro atoms. The van der Waals surface area contributed by atoms with Gasteiger partial charge in [0.05, 0.1) is 18.2 Å². The third kappa shape index (κ3) is 4.22. The number of aryl methyl sites for hydroxylation is 1. The van der Waals surface area contributed by atoms with Crippen molar-refractivity contribution in [3.8, 4) is 11.5 Å². The summed E-state index contributed by atoms with van der Waals surface area (Å²) in [6.45, 7) is 2.48. The van der Waals surface area contributed by atoms with Gasteiger partial charge in [-0.3, -0.25) is 4.79 Å². The lowest BCUT2D eigenvalue weighted by Gasteiger charge is -2.13. The van der Waals surface area contributed by atoms with Gasteiger partial charge in [-0.15, -0.1) is 0 Å². The average molecular weight is 317 g/mol. The van der Waals surface area contributed by atoms with Gasteiger partial charge >= 0.3 is 5.97 Å². The van der Waals surface area contributed by atoms with Crippen molar-refractivity contribution in [3.05, 3.63) is 22.2 Å². The van der Waals surface area contributed by atoms with E-state index in [1.807, 2.05) is 19.1 Å². The molecule has 0 fully saturated rings. The number of hydrogen-bond acceptors (Lipinski definition) is 3. The number of aliphatic carboxylic acids is 1. The van der Waals surface area contributed by atoms with Crippen molar-refractivity contribution in [2.24, 2.45) is 0 Å². The Bertz CT molecular complexity index is 418. The van der Waals surface area contributed by atoms with Crippen LogP contribution in [0.15, 0.2) is 16.6 Å². The van der Waals surface area contributed by atoms with Crippen LogP contribution < -0.4 is 9.47 Å². The zero-order chi connectivity index (χ0) is 13.5. The normalized spacial score (nSPS) is 10.2. The van der Waals surface area contributed by atoms with Gasteiger partial charge in [0.15, 0.2) is 0 Å². The number of carboxylic acid groups (broad SMARTS) is 1. The first kappa shape index (κ1) is 14.8. The molecule has 1 rings (SSSR count). The minimum atomic E-state index is -0.777. The third-order valence-corrected chi connectivity index (χ3v) is 3.09. The van der Waals surface area contributed by atoms with Gasteiger partial charge in [-0.05, 0) is 47.3 Å². The van der Waals surface area contributed by atoms with Gasteiger partial charge in [-0.2, -0.15) is 0 Å². The summed E-state index contributed by atoms with van der Waals surface area (Å²) in [4.78, 5) is 10.5. The first-order valence-electron chi connectivity index (χ1n) is 5.79. The van der Waals surface area contributed by atoms with Gasteiger partial charge in [-0.1, -0.05) is 0 Å². The Morgan fingerprint density at radius 3 is 2.67 bits per heavy atom. The Morgan fingerprint density at radius 1 is 1.39 bits per heavy atom. The second-order valence-electron chi connectivity index (χ2n) is 3.77. The molecule has 0 saturated carbocycles. The van der Waals surface area contributed by atoms with Crippen LogP contribution in [0.25, 0.3) is 0 Å². The molecule has 0 unspecified atom stereocenters. The number of methoxy groups -OCH3 is 1. The van der Waals surface area contributed by atoms with Gasteiger partial charge in [0.25, 0.3) is 0 Å². The van der Waals surface area contributed by atoms with E-state index < -0.39 is 5.97 Å². The summed E-state index contributed by atoms with van der Waals surface area (Å²) >= 11 is 3.42. The lowest BCUT2D eigenvalue weighted by Crippen LogP contribution is -2.00. The maximum Gasteiger partial charge on any atom is 0.303 e. The van der Waals surface area contributed by atoms with E-state index >= 15 is 0 Å². The molecule has 0 heterocycles. The summed E-state index contributed by atoms with van der Waals surface area (Å²) in [6, 6.07) is 3.75. The SMILES string of the molecule is CCOc1cc(OC)c(Br)cc1CCCC(=O)O. The topological polar surface area (TPSA) is 55.8 Å². The lowest BCUT2D eigenvalue weighted by molar-refractivity contribution is -0.137. The third-order valence-electron chi connectivity index (χ3n) is 2.47. The fourth-order valence-electron chi connectivity index (χ4n) is 1.65. The Balaban J connectivity index is 2.86. The second kappa shape index (κ2) is 7.26. The van der Waals surface area contributed by atoms with Gasteiger partial charge in [-0.25, -0.2) is 0 Å². The fraction of sp³-hybridized carbons (Fsp3) is 0.462. The molecule has 0 aliphatic carbocycles. The largest absolute Gasteiger partial charge is 0.495 e. The van der Waals surface area contributed by atoms with E-state index in [2.05, 4.69) is 15.9 Å². The van der Waals surface area contributed by atoms with Crippen molar-refractivity contribution >= 4 is 21.9 Å². The predicted molar refractivity (Wildman–Crippen MR) is 72.4 cm³/mol. The minimum Gasteiger partial charge on any atom is -0.495 e.